The molecule has 1 aromatic rings. The third-order valence-corrected chi connectivity index (χ3v) is 5.00. The van der Waals surface area contributed by atoms with E-state index in [1.54, 1.807) is 0 Å². The van der Waals surface area contributed by atoms with Crippen LogP contribution in [0.1, 0.15) is 30.9 Å². The highest BCUT2D eigenvalue weighted by molar-refractivity contribution is 5.79. The Balaban J connectivity index is 1.44. The second kappa shape index (κ2) is 9.90. The quantitative estimate of drug-likeness (QED) is 0.503. The van der Waals surface area contributed by atoms with E-state index >= 15 is 0 Å². The predicted octanol–water partition coefficient (Wildman–Crippen LogP) is 1.14. The maximum Gasteiger partial charge on any atom is 0.191 e. The number of β-amino-alcohol motifs (C(OH)–C–C–N with tert-alkyl or cyclic N) is 1. The van der Waals surface area contributed by atoms with Crippen LogP contribution < -0.4 is 10.6 Å². The summed E-state index contributed by atoms with van der Waals surface area (Å²) in [5, 5.41) is 17.0. The first-order valence-electron chi connectivity index (χ1n) is 9.85. The molecule has 0 radical (unpaired) electrons. The molecule has 2 aliphatic heterocycles. The van der Waals surface area contributed by atoms with Gasteiger partial charge in [-0.2, -0.15) is 0 Å². The van der Waals surface area contributed by atoms with Gasteiger partial charge in [0.2, 0.25) is 0 Å². The molecule has 0 bridgehead atoms. The van der Waals surface area contributed by atoms with Crippen molar-refractivity contribution in [2.45, 2.75) is 44.9 Å². The van der Waals surface area contributed by atoms with Gasteiger partial charge in [0.15, 0.2) is 5.96 Å². The van der Waals surface area contributed by atoms with Crippen molar-refractivity contribution in [1.82, 2.24) is 15.5 Å². The summed E-state index contributed by atoms with van der Waals surface area (Å²) in [6.07, 6.45) is 3.11. The van der Waals surface area contributed by atoms with Crippen LogP contribution in [0.15, 0.2) is 29.3 Å². The lowest BCUT2D eigenvalue weighted by molar-refractivity contribution is 0.111. The highest BCUT2D eigenvalue weighted by Gasteiger charge is 2.19. The number of aliphatic hydroxyl groups excluding tert-OH is 1. The van der Waals surface area contributed by atoms with E-state index in [4.69, 9.17) is 4.74 Å². The number of aliphatic imine (C=N–C) groups is 1. The van der Waals surface area contributed by atoms with Gasteiger partial charge in [-0.3, -0.25) is 9.89 Å². The zero-order chi connectivity index (χ0) is 18.2. The lowest BCUT2D eigenvalue weighted by atomic mass is 10.00. The molecule has 1 saturated heterocycles. The minimum atomic E-state index is -0.460. The van der Waals surface area contributed by atoms with Crippen molar-refractivity contribution < 1.29 is 9.84 Å². The van der Waals surface area contributed by atoms with Crippen molar-refractivity contribution in [2.24, 2.45) is 4.99 Å². The monoisotopic (exact) mass is 360 g/mol. The average molecular weight is 361 g/mol. The molecular weight excluding hydrogens is 328 g/mol. The number of benzene rings is 1. The van der Waals surface area contributed by atoms with E-state index in [1.165, 1.54) is 11.1 Å². The van der Waals surface area contributed by atoms with E-state index in [0.29, 0.717) is 13.1 Å². The Morgan fingerprint density at radius 1 is 1.35 bits per heavy atom. The summed E-state index contributed by atoms with van der Waals surface area (Å²) in [4.78, 5) is 6.86. The molecule has 1 fully saturated rings. The van der Waals surface area contributed by atoms with Crippen LogP contribution in [0.3, 0.4) is 0 Å². The number of aliphatic hydroxyl groups is 1. The number of ether oxygens (including phenoxy) is 1. The van der Waals surface area contributed by atoms with Gasteiger partial charge in [-0.05, 0) is 37.3 Å². The van der Waals surface area contributed by atoms with Gasteiger partial charge < -0.3 is 20.5 Å². The molecule has 2 unspecified atom stereocenters. The van der Waals surface area contributed by atoms with Gasteiger partial charge in [0, 0.05) is 39.3 Å². The average Bonchev–Trinajstić information content (AvgIpc) is 3.17. The van der Waals surface area contributed by atoms with Gasteiger partial charge in [-0.15, -0.1) is 0 Å². The summed E-state index contributed by atoms with van der Waals surface area (Å²) in [6, 6.07) is 8.58. The van der Waals surface area contributed by atoms with Crippen LogP contribution in [0.5, 0.6) is 0 Å². The fourth-order valence-corrected chi connectivity index (χ4v) is 3.62. The Kier molecular flexibility index (Phi) is 7.29. The summed E-state index contributed by atoms with van der Waals surface area (Å²) in [7, 11) is 0. The Bertz CT molecular complexity index is 587. The predicted molar refractivity (Wildman–Crippen MR) is 104 cm³/mol. The van der Waals surface area contributed by atoms with Crippen molar-refractivity contribution in [2.75, 3.05) is 39.3 Å². The van der Waals surface area contributed by atoms with Gasteiger partial charge in [-0.1, -0.05) is 24.3 Å². The van der Waals surface area contributed by atoms with E-state index in [9.17, 15) is 5.11 Å². The number of rotatable bonds is 7. The number of hydrogen-bond acceptors (Lipinski definition) is 4. The lowest BCUT2D eigenvalue weighted by Crippen LogP contribution is -2.42. The van der Waals surface area contributed by atoms with E-state index in [-0.39, 0.29) is 6.10 Å². The van der Waals surface area contributed by atoms with E-state index < -0.39 is 6.10 Å². The highest BCUT2D eigenvalue weighted by Crippen LogP contribution is 2.18. The smallest absolute Gasteiger partial charge is 0.191 e. The van der Waals surface area contributed by atoms with Crippen LogP contribution in [-0.2, 0) is 17.7 Å². The Morgan fingerprint density at radius 3 is 2.96 bits per heavy atom. The molecule has 3 N–H and O–H groups in total. The van der Waals surface area contributed by atoms with Gasteiger partial charge in [-0.25, -0.2) is 0 Å². The summed E-state index contributed by atoms with van der Waals surface area (Å²) in [6.45, 7) is 7.44. The fourth-order valence-electron chi connectivity index (χ4n) is 3.62. The van der Waals surface area contributed by atoms with E-state index in [2.05, 4.69) is 44.8 Å². The van der Waals surface area contributed by atoms with Gasteiger partial charge in [0.05, 0.1) is 18.8 Å². The van der Waals surface area contributed by atoms with Crippen LogP contribution in [0.25, 0.3) is 0 Å². The number of nitrogens with one attached hydrogen (secondary N) is 2. The molecular formula is C20H32N4O2. The maximum atomic E-state index is 10.4. The van der Waals surface area contributed by atoms with E-state index in [0.717, 1.165) is 58.0 Å². The molecule has 26 heavy (non-hydrogen) atoms. The zero-order valence-electron chi connectivity index (χ0n) is 15.8. The normalized spacial score (nSPS) is 22.1. The van der Waals surface area contributed by atoms with Crippen LogP contribution in [0, 0.1) is 0 Å². The molecule has 2 aliphatic rings. The largest absolute Gasteiger partial charge is 0.390 e. The number of fused-ring (bicyclic) bond motifs is 1. The van der Waals surface area contributed by atoms with Gasteiger partial charge >= 0.3 is 0 Å². The molecule has 6 nitrogen and oxygen atoms in total. The molecule has 6 heteroatoms. The molecule has 0 aromatic heterocycles. The summed E-state index contributed by atoms with van der Waals surface area (Å²) in [5.41, 5.74) is 2.81. The molecule has 0 spiro atoms. The van der Waals surface area contributed by atoms with Crippen molar-refractivity contribution in [3.8, 4) is 0 Å². The standard InChI is InChI=1S/C20H32N4O2/c1-2-21-20(23-13-19-8-5-11-26-19)22-12-18(25)15-24-10-9-16-6-3-4-7-17(16)14-24/h3-4,6-7,18-19,25H,2,5,8-15H2,1H3,(H2,21,22,23). The molecule has 2 atom stereocenters. The number of guanidine groups is 1. The molecule has 0 saturated carbocycles. The molecule has 0 aliphatic carbocycles. The Morgan fingerprint density at radius 2 is 2.19 bits per heavy atom. The van der Waals surface area contributed by atoms with Crippen molar-refractivity contribution in [3.05, 3.63) is 35.4 Å². The fraction of sp³-hybridized carbons (Fsp3) is 0.650. The van der Waals surface area contributed by atoms with Crippen molar-refractivity contribution >= 4 is 5.96 Å². The van der Waals surface area contributed by atoms with Crippen LogP contribution in [0.4, 0.5) is 0 Å². The molecule has 0 amide bonds. The second-order valence-electron chi connectivity index (χ2n) is 7.14. The topological polar surface area (TPSA) is 69.1 Å². The minimum Gasteiger partial charge on any atom is -0.390 e. The van der Waals surface area contributed by atoms with Crippen molar-refractivity contribution in [1.29, 1.82) is 0 Å². The zero-order valence-corrected chi connectivity index (χ0v) is 15.8. The van der Waals surface area contributed by atoms with E-state index in [1.807, 2.05) is 6.92 Å². The maximum absolute atomic E-state index is 10.4. The second-order valence-corrected chi connectivity index (χ2v) is 7.14. The first-order valence-corrected chi connectivity index (χ1v) is 9.85. The summed E-state index contributed by atoms with van der Waals surface area (Å²) < 4.78 is 5.63. The van der Waals surface area contributed by atoms with Crippen LogP contribution >= 0.6 is 0 Å². The van der Waals surface area contributed by atoms with Gasteiger partial charge in [0.25, 0.3) is 0 Å². The third-order valence-electron chi connectivity index (χ3n) is 5.00. The van der Waals surface area contributed by atoms with Gasteiger partial charge in [0.1, 0.15) is 0 Å². The first kappa shape index (κ1) is 19.1. The highest BCUT2D eigenvalue weighted by atomic mass is 16.5. The minimum absolute atomic E-state index is 0.275. The molecule has 144 valence electrons. The molecule has 1 aromatic carbocycles. The number of hydrogen-bond donors (Lipinski definition) is 3. The third kappa shape index (κ3) is 5.69. The molecule has 2 heterocycles. The van der Waals surface area contributed by atoms with Crippen molar-refractivity contribution in [3.63, 3.8) is 0 Å². The Labute approximate surface area is 156 Å². The SMILES string of the molecule is CCNC(=NCC(O)CN1CCc2ccccc2C1)NCC1CCCO1. The Hall–Kier alpha value is -1.63. The number of nitrogens with zero attached hydrogens (tertiary/aromatic N) is 2. The summed E-state index contributed by atoms with van der Waals surface area (Å²) in [5.74, 6) is 0.756. The molecule has 3 rings (SSSR count). The lowest BCUT2D eigenvalue weighted by Gasteiger charge is -2.30. The van der Waals surface area contributed by atoms with Crippen LogP contribution in [0.2, 0.25) is 0 Å². The summed E-state index contributed by atoms with van der Waals surface area (Å²) >= 11 is 0. The first-order chi connectivity index (χ1) is 12.7. The van der Waals surface area contributed by atoms with Crippen LogP contribution in [-0.4, -0.2) is 67.5 Å².